The largest absolute Gasteiger partial charge is 0.493 e. The second-order valence-corrected chi connectivity index (χ2v) is 5.93. The van der Waals surface area contributed by atoms with Crippen LogP contribution in [0.5, 0.6) is 11.5 Å². The first-order chi connectivity index (χ1) is 11.5. The van der Waals surface area contributed by atoms with E-state index in [1.54, 1.807) is 32.5 Å². The van der Waals surface area contributed by atoms with Gasteiger partial charge in [-0.05, 0) is 39.7 Å². The lowest BCUT2D eigenvalue weighted by Gasteiger charge is -2.12. The van der Waals surface area contributed by atoms with E-state index in [4.69, 9.17) is 9.47 Å². The van der Waals surface area contributed by atoms with E-state index >= 15 is 0 Å². The van der Waals surface area contributed by atoms with Crippen molar-refractivity contribution in [3.8, 4) is 11.5 Å². The number of rotatable bonds is 7. The molecule has 6 nitrogen and oxygen atoms in total. The first-order valence-corrected chi connectivity index (χ1v) is 8.17. The Kier molecular flexibility index (Phi) is 6.43. The molecule has 2 aromatic rings. The molecule has 24 heavy (non-hydrogen) atoms. The fourth-order valence-electron chi connectivity index (χ4n) is 2.23. The average molecular weight is 395 g/mol. The summed E-state index contributed by atoms with van der Waals surface area (Å²) in [5.41, 5.74) is 0.763. The van der Waals surface area contributed by atoms with Gasteiger partial charge < -0.3 is 19.4 Å². The van der Waals surface area contributed by atoms with Crippen molar-refractivity contribution >= 4 is 21.8 Å². The minimum atomic E-state index is -0.128. The van der Waals surface area contributed by atoms with Crippen molar-refractivity contribution in [2.45, 2.75) is 19.5 Å². The minimum Gasteiger partial charge on any atom is -0.493 e. The van der Waals surface area contributed by atoms with Gasteiger partial charge in [0.1, 0.15) is 0 Å². The van der Waals surface area contributed by atoms with Crippen LogP contribution in [0, 0.1) is 0 Å². The van der Waals surface area contributed by atoms with Crippen molar-refractivity contribution < 1.29 is 14.3 Å². The van der Waals surface area contributed by atoms with Crippen LogP contribution in [0.15, 0.2) is 45.8 Å². The molecule has 128 valence electrons. The van der Waals surface area contributed by atoms with Crippen molar-refractivity contribution in [2.24, 2.45) is 0 Å². The number of nitrogens with zero attached hydrogens (tertiary/aromatic N) is 1. The lowest BCUT2D eigenvalue weighted by molar-refractivity contribution is -0.121. The summed E-state index contributed by atoms with van der Waals surface area (Å²) >= 11 is 3.42. The Hall–Kier alpha value is -2.28. The molecule has 0 unspecified atom stereocenters. The number of methoxy groups -OCH3 is 2. The molecule has 0 atom stereocenters. The van der Waals surface area contributed by atoms with Crippen LogP contribution in [0.2, 0.25) is 0 Å². The van der Waals surface area contributed by atoms with Crippen molar-refractivity contribution in [1.82, 2.24) is 9.88 Å². The van der Waals surface area contributed by atoms with Gasteiger partial charge in [0, 0.05) is 31.8 Å². The number of aryl methyl sites for hydroxylation is 1. The van der Waals surface area contributed by atoms with E-state index in [0.29, 0.717) is 24.6 Å². The summed E-state index contributed by atoms with van der Waals surface area (Å²) < 4.78 is 12.8. The van der Waals surface area contributed by atoms with Gasteiger partial charge in [0.05, 0.1) is 18.7 Å². The lowest BCUT2D eigenvalue weighted by Crippen LogP contribution is -2.26. The number of carbonyl (C=O) groups is 1. The topological polar surface area (TPSA) is 69.6 Å². The fourth-order valence-corrected chi connectivity index (χ4v) is 2.88. The first-order valence-electron chi connectivity index (χ1n) is 7.37. The number of aromatic nitrogens is 1. The quantitative estimate of drug-likeness (QED) is 0.782. The zero-order valence-corrected chi connectivity index (χ0v) is 15.1. The van der Waals surface area contributed by atoms with Crippen molar-refractivity contribution in [1.29, 1.82) is 0 Å². The molecule has 0 radical (unpaired) electrons. The number of amides is 1. The summed E-state index contributed by atoms with van der Waals surface area (Å²) in [5, 5.41) is 2.83. The monoisotopic (exact) mass is 394 g/mol. The van der Waals surface area contributed by atoms with Gasteiger partial charge in [-0.2, -0.15) is 0 Å². The summed E-state index contributed by atoms with van der Waals surface area (Å²) in [5.74, 6) is 1.07. The number of pyridine rings is 1. The van der Waals surface area contributed by atoms with Gasteiger partial charge in [0.15, 0.2) is 11.5 Å². The number of hydrogen-bond acceptors (Lipinski definition) is 4. The van der Waals surface area contributed by atoms with Crippen LogP contribution in [-0.4, -0.2) is 24.7 Å². The van der Waals surface area contributed by atoms with Crippen molar-refractivity contribution in [3.05, 3.63) is 56.9 Å². The molecule has 0 fully saturated rings. The molecule has 0 aliphatic carbocycles. The fraction of sp³-hybridized carbons (Fsp3) is 0.294. The highest BCUT2D eigenvalue weighted by Crippen LogP contribution is 2.36. The molecule has 0 bridgehead atoms. The first kappa shape index (κ1) is 18.1. The summed E-state index contributed by atoms with van der Waals surface area (Å²) in [6.45, 7) is 0.711. The van der Waals surface area contributed by atoms with Crippen LogP contribution in [0.4, 0.5) is 0 Å². The third-order valence-electron chi connectivity index (χ3n) is 3.46. The highest BCUT2D eigenvalue weighted by molar-refractivity contribution is 9.10. The molecule has 1 aromatic carbocycles. The van der Waals surface area contributed by atoms with E-state index in [9.17, 15) is 9.59 Å². The second-order valence-electron chi connectivity index (χ2n) is 5.07. The Morgan fingerprint density at radius 3 is 2.71 bits per heavy atom. The molecular weight excluding hydrogens is 376 g/mol. The normalized spacial score (nSPS) is 10.3. The molecule has 1 aromatic heterocycles. The minimum absolute atomic E-state index is 0.117. The van der Waals surface area contributed by atoms with Crippen molar-refractivity contribution in [2.75, 3.05) is 14.2 Å². The molecule has 0 aliphatic rings. The molecule has 0 aliphatic heterocycles. The third-order valence-corrected chi connectivity index (χ3v) is 4.05. The highest BCUT2D eigenvalue weighted by Gasteiger charge is 2.11. The van der Waals surface area contributed by atoms with Gasteiger partial charge in [0.2, 0.25) is 5.91 Å². The molecule has 0 saturated heterocycles. The predicted octanol–water partition coefficient (Wildman–Crippen LogP) is 2.33. The van der Waals surface area contributed by atoms with E-state index in [1.807, 2.05) is 12.1 Å². The number of hydrogen-bond donors (Lipinski definition) is 1. The maximum Gasteiger partial charge on any atom is 0.250 e. The Morgan fingerprint density at radius 2 is 2.04 bits per heavy atom. The van der Waals surface area contributed by atoms with E-state index in [2.05, 4.69) is 21.2 Å². The number of nitrogens with one attached hydrogen (secondary N) is 1. The average Bonchev–Trinajstić information content (AvgIpc) is 2.58. The van der Waals surface area contributed by atoms with Gasteiger partial charge in [-0.3, -0.25) is 9.59 Å². The van der Waals surface area contributed by atoms with Crippen LogP contribution in [0.3, 0.4) is 0 Å². The third kappa shape index (κ3) is 4.61. The number of benzene rings is 1. The smallest absolute Gasteiger partial charge is 0.250 e. The van der Waals surface area contributed by atoms with E-state index in [0.717, 1.165) is 10.0 Å². The molecule has 1 amide bonds. The van der Waals surface area contributed by atoms with E-state index < -0.39 is 0 Å². The van der Waals surface area contributed by atoms with Crippen LogP contribution in [-0.2, 0) is 17.9 Å². The van der Waals surface area contributed by atoms with Gasteiger partial charge in [-0.15, -0.1) is 0 Å². The summed E-state index contributed by atoms with van der Waals surface area (Å²) in [4.78, 5) is 23.5. The molecule has 7 heteroatoms. The van der Waals surface area contributed by atoms with Gasteiger partial charge in [-0.25, -0.2) is 0 Å². The second kappa shape index (κ2) is 8.54. The zero-order chi connectivity index (χ0) is 17.5. The molecule has 1 N–H and O–H groups in total. The SMILES string of the molecule is COc1cc(CNC(=O)CCn2ccccc2=O)cc(Br)c1OC. The Labute approximate surface area is 148 Å². The van der Waals surface area contributed by atoms with Crippen LogP contribution >= 0.6 is 15.9 Å². The highest BCUT2D eigenvalue weighted by atomic mass is 79.9. The maximum absolute atomic E-state index is 12.0. The Morgan fingerprint density at radius 1 is 1.25 bits per heavy atom. The predicted molar refractivity (Wildman–Crippen MR) is 94.4 cm³/mol. The number of halogens is 1. The molecule has 0 spiro atoms. The standard InChI is InChI=1S/C17H19BrN2O4/c1-23-14-10-12(9-13(18)17(14)24-2)11-19-15(21)6-8-20-7-4-3-5-16(20)22/h3-5,7,9-10H,6,8,11H2,1-2H3,(H,19,21). The maximum atomic E-state index is 12.0. The van der Waals surface area contributed by atoms with Crippen LogP contribution < -0.4 is 20.3 Å². The van der Waals surface area contributed by atoms with Crippen LogP contribution in [0.1, 0.15) is 12.0 Å². The zero-order valence-electron chi connectivity index (χ0n) is 13.5. The summed E-state index contributed by atoms with van der Waals surface area (Å²) in [6, 6.07) is 8.59. The van der Waals surface area contributed by atoms with Crippen molar-refractivity contribution in [3.63, 3.8) is 0 Å². The molecule has 2 rings (SSSR count). The number of ether oxygens (including phenoxy) is 2. The van der Waals surface area contributed by atoms with Gasteiger partial charge >= 0.3 is 0 Å². The van der Waals surface area contributed by atoms with Gasteiger partial charge in [0.25, 0.3) is 5.56 Å². The lowest BCUT2D eigenvalue weighted by atomic mass is 10.2. The number of carbonyl (C=O) groups excluding carboxylic acids is 1. The molecule has 0 saturated carbocycles. The van der Waals surface area contributed by atoms with E-state index in [1.165, 1.54) is 10.6 Å². The summed E-state index contributed by atoms with van der Waals surface area (Å²) in [7, 11) is 3.12. The van der Waals surface area contributed by atoms with Crippen LogP contribution in [0.25, 0.3) is 0 Å². The summed E-state index contributed by atoms with van der Waals surface area (Å²) in [6.07, 6.45) is 1.90. The van der Waals surface area contributed by atoms with E-state index in [-0.39, 0.29) is 17.9 Å². The molecule has 1 heterocycles. The Balaban J connectivity index is 1.93. The Bertz CT molecular complexity index is 773. The van der Waals surface area contributed by atoms with Gasteiger partial charge in [-0.1, -0.05) is 6.07 Å². The molecular formula is C17H19BrN2O4.